The number of hydrogen-bond donors (Lipinski definition) is 0. The third-order valence-electron chi connectivity index (χ3n) is 13.1. The van der Waals surface area contributed by atoms with Crippen molar-refractivity contribution in [2.75, 3.05) is 4.90 Å². The summed E-state index contributed by atoms with van der Waals surface area (Å²) in [6, 6.07) is 80.5. The van der Waals surface area contributed by atoms with Crippen LogP contribution >= 0.6 is 0 Å². The minimum atomic E-state index is -0.104. The molecule has 0 spiro atoms. The van der Waals surface area contributed by atoms with Crippen molar-refractivity contribution in [2.45, 2.75) is 19.3 Å². The zero-order chi connectivity index (χ0) is 40.7. The average molecular weight is 779 g/mol. The molecule has 11 aromatic rings. The number of fused-ring (bicyclic) bond motifs is 8. The van der Waals surface area contributed by atoms with Gasteiger partial charge < -0.3 is 9.47 Å². The summed E-state index contributed by atoms with van der Waals surface area (Å²) in [6.45, 7) is 4.71. The van der Waals surface area contributed by atoms with Gasteiger partial charge in [-0.1, -0.05) is 159 Å². The lowest BCUT2D eigenvalue weighted by atomic mass is 9.82. The summed E-state index contributed by atoms with van der Waals surface area (Å²) < 4.78 is 2.41. The van der Waals surface area contributed by atoms with Crippen molar-refractivity contribution in [3.05, 3.63) is 230 Å². The number of aromatic nitrogens is 1. The first-order valence-electron chi connectivity index (χ1n) is 21.2. The van der Waals surface area contributed by atoms with E-state index in [-0.39, 0.29) is 5.41 Å². The van der Waals surface area contributed by atoms with Crippen LogP contribution in [0.4, 0.5) is 17.1 Å². The van der Waals surface area contributed by atoms with Gasteiger partial charge in [-0.05, 0) is 139 Å². The number of anilines is 3. The maximum Gasteiger partial charge on any atom is 0.0541 e. The first-order chi connectivity index (χ1) is 30.0. The van der Waals surface area contributed by atoms with E-state index in [4.69, 9.17) is 0 Å². The topological polar surface area (TPSA) is 8.17 Å². The van der Waals surface area contributed by atoms with Crippen LogP contribution in [-0.2, 0) is 5.41 Å². The van der Waals surface area contributed by atoms with Gasteiger partial charge in [0.1, 0.15) is 0 Å². The first-order valence-corrected chi connectivity index (χ1v) is 21.2. The van der Waals surface area contributed by atoms with Crippen molar-refractivity contribution in [1.29, 1.82) is 0 Å². The lowest BCUT2D eigenvalue weighted by Crippen LogP contribution is -2.16. The van der Waals surface area contributed by atoms with E-state index in [1.165, 1.54) is 93.5 Å². The first kappa shape index (κ1) is 35.3. The van der Waals surface area contributed by atoms with Crippen LogP contribution in [0.1, 0.15) is 25.0 Å². The highest BCUT2D eigenvalue weighted by Crippen LogP contribution is 2.51. The predicted molar refractivity (Wildman–Crippen MR) is 259 cm³/mol. The second-order valence-electron chi connectivity index (χ2n) is 17.0. The molecule has 0 N–H and O–H groups in total. The van der Waals surface area contributed by atoms with Crippen LogP contribution in [0.25, 0.3) is 82.4 Å². The predicted octanol–water partition coefficient (Wildman–Crippen LogP) is 16.2. The van der Waals surface area contributed by atoms with Gasteiger partial charge in [0.15, 0.2) is 0 Å². The molecule has 0 bridgehead atoms. The van der Waals surface area contributed by atoms with Gasteiger partial charge in [-0.15, -0.1) is 0 Å². The molecule has 12 rings (SSSR count). The van der Waals surface area contributed by atoms with E-state index < -0.39 is 0 Å². The van der Waals surface area contributed by atoms with E-state index >= 15 is 0 Å². The zero-order valence-corrected chi connectivity index (χ0v) is 34.2. The van der Waals surface area contributed by atoms with Crippen LogP contribution in [0, 0.1) is 0 Å². The number of nitrogens with zero attached hydrogens (tertiary/aromatic N) is 2. The molecule has 0 saturated heterocycles. The van der Waals surface area contributed by atoms with Gasteiger partial charge >= 0.3 is 0 Å². The van der Waals surface area contributed by atoms with Crippen molar-refractivity contribution >= 4 is 60.4 Å². The van der Waals surface area contributed by atoms with Crippen molar-refractivity contribution < 1.29 is 0 Å². The summed E-state index contributed by atoms with van der Waals surface area (Å²) in [5.41, 5.74) is 17.0. The Balaban J connectivity index is 0.956. The molecule has 1 heterocycles. The Morgan fingerprint density at radius 2 is 0.918 bits per heavy atom. The van der Waals surface area contributed by atoms with E-state index in [2.05, 4.69) is 242 Å². The molecule has 0 atom stereocenters. The van der Waals surface area contributed by atoms with Crippen molar-refractivity contribution in [2.24, 2.45) is 0 Å². The molecule has 0 saturated carbocycles. The van der Waals surface area contributed by atoms with Gasteiger partial charge in [0.05, 0.1) is 11.0 Å². The van der Waals surface area contributed by atoms with E-state index in [0.29, 0.717) is 0 Å². The van der Waals surface area contributed by atoms with Gasteiger partial charge in [-0.25, -0.2) is 0 Å². The van der Waals surface area contributed by atoms with Gasteiger partial charge in [-0.3, -0.25) is 0 Å². The number of rotatable bonds is 6. The molecule has 0 amide bonds. The van der Waals surface area contributed by atoms with Crippen LogP contribution in [-0.4, -0.2) is 4.57 Å². The normalized spacial score (nSPS) is 12.9. The van der Waals surface area contributed by atoms with Gasteiger partial charge in [-0.2, -0.15) is 0 Å². The molecule has 61 heavy (non-hydrogen) atoms. The molecule has 0 aliphatic heterocycles. The summed E-state index contributed by atoms with van der Waals surface area (Å²) in [5, 5.41) is 7.45. The van der Waals surface area contributed by atoms with Crippen LogP contribution in [0.5, 0.6) is 0 Å². The van der Waals surface area contributed by atoms with E-state index in [1.54, 1.807) is 0 Å². The highest BCUT2D eigenvalue weighted by atomic mass is 15.1. The molecule has 0 radical (unpaired) electrons. The summed E-state index contributed by atoms with van der Waals surface area (Å²) in [6.07, 6.45) is 0. The smallest absolute Gasteiger partial charge is 0.0541 e. The van der Waals surface area contributed by atoms with Gasteiger partial charge in [0, 0.05) is 38.9 Å². The molecule has 0 unspecified atom stereocenters. The highest BCUT2D eigenvalue weighted by Gasteiger charge is 2.35. The Hall–Kier alpha value is -7.68. The third-order valence-corrected chi connectivity index (χ3v) is 13.1. The molecule has 1 aromatic heterocycles. The minimum Gasteiger partial charge on any atom is -0.310 e. The fourth-order valence-electron chi connectivity index (χ4n) is 10.0. The van der Waals surface area contributed by atoms with Gasteiger partial charge in [0.25, 0.3) is 0 Å². The summed E-state index contributed by atoms with van der Waals surface area (Å²) in [4.78, 5) is 2.43. The lowest BCUT2D eigenvalue weighted by Gasteiger charge is -2.28. The maximum atomic E-state index is 2.43. The second kappa shape index (κ2) is 13.7. The van der Waals surface area contributed by atoms with Crippen LogP contribution in [0.3, 0.4) is 0 Å². The average Bonchev–Trinajstić information content (AvgIpc) is 3.76. The Morgan fingerprint density at radius 3 is 1.74 bits per heavy atom. The monoisotopic (exact) mass is 778 g/mol. The molecule has 0 fully saturated rings. The van der Waals surface area contributed by atoms with Crippen molar-refractivity contribution in [1.82, 2.24) is 4.57 Å². The van der Waals surface area contributed by atoms with Crippen molar-refractivity contribution in [3.63, 3.8) is 0 Å². The van der Waals surface area contributed by atoms with E-state index in [9.17, 15) is 0 Å². The fraction of sp³-hybridized carbons (Fsp3) is 0.0508. The fourth-order valence-corrected chi connectivity index (χ4v) is 10.0. The number of benzene rings is 10. The third kappa shape index (κ3) is 5.71. The molecule has 2 heteroatoms. The van der Waals surface area contributed by atoms with Crippen LogP contribution in [0.2, 0.25) is 0 Å². The standard InChI is InChI=1S/C59H42N2/c1-59(2)55-23-9-7-21-51(55)52-31-30-50(38-56(52)59)60(48-28-25-39-13-3-5-15-43(39)34-48)47-20-12-19-45(36-47)41-17-11-18-42(33-41)46-27-32-58-54(37-46)53-22-8-10-24-57(53)61(58)49-29-26-40-14-4-6-16-44(40)35-49/h3-38H,1-2H3. The SMILES string of the molecule is CC1(C)c2ccccc2-c2ccc(N(c3cccc(-c4cccc(-c5ccc6c(c5)c5ccccc5n6-c5ccc6ccccc6c5)c4)c3)c3ccc4ccccc4c3)cc21. The van der Waals surface area contributed by atoms with Crippen molar-refractivity contribution in [3.8, 4) is 39.1 Å². The molecular formula is C59H42N2. The Bertz CT molecular complexity index is 3530. The number of para-hydroxylation sites is 1. The minimum absolute atomic E-state index is 0.104. The molecular weight excluding hydrogens is 737 g/mol. The van der Waals surface area contributed by atoms with Crippen LogP contribution in [0.15, 0.2) is 218 Å². The van der Waals surface area contributed by atoms with E-state index in [1.807, 2.05) is 0 Å². The largest absolute Gasteiger partial charge is 0.310 e. The summed E-state index contributed by atoms with van der Waals surface area (Å²) in [5.74, 6) is 0. The lowest BCUT2D eigenvalue weighted by molar-refractivity contribution is 0.660. The second-order valence-corrected chi connectivity index (χ2v) is 17.0. The Morgan fingerprint density at radius 1 is 0.344 bits per heavy atom. The van der Waals surface area contributed by atoms with E-state index in [0.717, 1.165) is 17.1 Å². The molecule has 10 aromatic carbocycles. The molecule has 1 aliphatic carbocycles. The number of hydrogen-bond acceptors (Lipinski definition) is 1. The molecule has 1 aliphatic rings. The summed E-state index contributed by atoms with van der Waals surface area (Å²) >= 11 is 0. The quantitative estimate of drug-likeness (QED) is 0.163. The Labute approximate surface area is 356 Å². The summed E-state index contributed by atoms with van der Waals surface area (Å²) in [7, 11) is 0. The molecule has 2 nitrogen and oxygen atoms in total. The highest BCUT2D eigenvalue weighted by molar-refractivity contribution is 6.11. The Kier molecular flexibility index (Phi) is 7.92. The van der Waals surface area contributed by atoms with Crippen LogP contribution < -0.4 is 4.90 Å². The maximum absolute atomic E-state index is 2.43. The molecule has 288 valence electrons. The van der Waals surface area contributed by atoms with Gasteiger partial charge in [0.2, 0.25) is 0 Å². The zero-order valence-electron chi connectivity index (χ0n) is 34.2.